The third-order valence-electron chi connectivity index (χ3n) is 26.6. The van der Waals surface area contributed by atoms with Crippen molar-refractivity contribution in [2.75, 3.05) is 0 Å². The fourth-order valence-electron chi connectivity index (χ4n) is 26.6. The number of hydrogen-bond donors (Lipinski definition) is 0. The van der Waals surface area contributed by atoms with E-state index in [0.717, 1.165) is 0 Å². The normalized spacial score (nSPS) is 23.7. The van der Waals surface area contributed by atoms with E-state index in [4.69, 9.17) is 4.74 Å². The Morgan fingerprint density at radius 2 is 0.467 bits per heavy atom. The number of rotatable bonds is 3. The van der Waals surface area contributed by atoms with Crippen LogP contribution in [0, 0.1) is 5.41 Å². The van der Waals surface area contributed by atoms with E-state index in [-0.39, 0.29) is 5.97 Å². The lowest BCUT2D eigenvalue weighted by Crippen LogP contribution is -2.36. The monoisotopic (exact) mass is 924 g/mol. The molecule has 0 aliphatic heterocycles. The molecule has 0 saturated heterocycles. The number of hydrogen-bond acceptors (Lipinski definition) is 2. The van der Waals surface area contributed by atoms with Crippen molar-refractivity contribution in [3.05, 3.63) is 58.1 Å². The average molecular weight is 925 g/mol. The minimum absolute atomic E-state index is 0.0221. The van der Waals surface area contributed by atoms with Crippen molar-refractivity contribution in [1.82, 2.24) is 0 Å². The van der Waals surface area contributed by atoms with Gasteiger partial charge in [-0.2, -0.15) is 0 Å². The fraction of sp³-hybridized carbons (Fsp3) is 0.110. The second kappa shape index (κ2) is 6.56. The van der Waals surface area contributed by atoms with Crippen LogP contribution in [-0.4, -0.2) is 11.6 Å². The average Bonchev–Trinajstić information content (AvgIpc) is 1.46. The van der Waals surface area contributed by atoms with Crippen molar-refractivity contribution >= 4 is 297 Å². The topological polar surface area (TPSA) is 26.3 Å². The minimum Gasteiger partial charge on any atom is -0.459 e. The van der Waals surface area contributed by atoms with Gasteiger partial charge in [0.1, 0.15) is 11.0 Å². The molecule has 1 saturated carbocycles. The standard InChI is InChI=1S/C73H16O2/c1-70(2,3)75-69(74)71(9-10-7-5-4-6-8-10)72-65-57-49-39-29-21-13-11-12-15-19-17(13)25-33-27(19)37-31-23(15)24-16(12)20-18-14(11)22(21)30-36-26(18)34-28(20)38-32(24)42-41(31)51-45(37)55-47(33)53(43(49)35(25)29)61(65)63(55)67-59(51)60-52(42)46(38)56-48(34)54-44(36)50(40(30)39)58(57)66(72)62(54)64(56)68(60)73(67,71)72/h4-8H,9H2,1-3H3. The Bertz CT molecular complexity index is 7040. The Hall–Kier alpha value is -8.85. The Morgan fingerprint density at radius 1 is 0.293 bits per heavy atom. The first-order valence-corrected chi connectivity index (χ1v) is 28.0. The third kappa shape index (κ3) is 1.59. The summed E-state index contributed by atoms with van der Waals surface area (Å²) in [5.41, 5.74) is 4.46. The minimum atomic E-state index is -0.946. The summed E-state index contributed by atoms with van der Waals surface area (Å²) in [5, 5.41) is 85.4. The molecule has 0 heterocycles. The van der Waals surface area contributed by atoms with Crippen LogP contribution in [0.2, 0.25) is 0 Å². The molecule has 0 unspecified atom stereocenters. The van der Waals surface area contributed by atoms with Gasteiger partial charge in [-0.1, -0.05) is 30.3 Å². The first-order chi connectivity index (χ1) is 36.9. The molecule has 320 valence electrons. The summed E-state index contributed by atoms with van der Waals surface area (Å²) in [6, 6.07) is 11.3. The predicted octanol–water partition coefficient (Wildman–Crippen LogP) is 18.9. The number of benzene rings is 19. The summed E-state index contributed by atoms with van der Waals surface area (Å²) in [6.07, 6.45) is 0.639. The maximum absolute atomic E-state index is 17.4. The first kappa shape index (κ1) is 29.1. The highest BCUT2D eigenvalue weighted by molar-refractivity contribution is 6.82. The molecule has 5 aliphatic rings. The number of carbonyl (C=O) groups is 1. The highest BCUT2D eigenvalue weighted by atomic mass is 16.6. The molecule has 0 amide bonds. The molecule has 0 aromatic heterocycles. The van der Waals surface area contributed by atoms with Crippen molar-refractivity contribution in [2.24, 2.45) is 5.41 Å². The molecule has 29 aromatic carbocycles. The molecule has 2 heteroatoms. The van der Waals surface area contributed by atoms with Gasteiger partial charge >= 0.3 is 5.97 Å². The molecule has 0 bridgehead atoms. The second-order valence-corrected chi connectivity index (χ2v) is 28.3. The lowest BCUT2D eigenvalue weighted by Gasteiger charge is -2.32. The van der Waals surface area contributed by atoms with Gasteiger partial charge in [0.15, 0.2) is 0 Å². The van der Waals surface area contributed by atoms with Crippen molar-refractivity contribution in [1.29, 1.82) is 0 Å². The van der Waals surface area contributed by atoms with E-state index in [1.807, 2.05) is 0 Å². The van der Waals surface area contributed by atoms with Crippen molar-refractivity contribution in [3.63, 3.8) is 0 Å². The molecule has 5 aliphatic carbocycles. The predicted molar refractivity (Wildman–Crippen MR) is 312 cm³/mol. The van der Waals surface area contributed by atoms with E-state index < -0.39 is 21.8 Å². The van der Waals surface area contributed by atoms with Crippen LogP contribution in [0.5, 0.6) is 0 Å². The van der Waals surface area contributed by atoms with Crippen LogP contribution in [0.1, 0.15) is 48.6 Å². The van der Waals surface area contributed by atoms with Gasteiger partial charge in [0.05, 0.1) is 10.8 Å². The lowest BCUT2D eigenvalue weighted by atomic mass is 9.68. The van der Waals surface area contributed by atoms with Crippen molar-refractivity contribution in [3.8, 4) is 0 Å². The fourth-order valence-corrected chi connectivity index (χ4v) is 26.6. The molecule has 0 N–H and O–H groups in total. The van der Waals surface area contributed by atoms with Gasteiger partial charge in [0, 0.05) is 0 Å². The number of esters is 1. The molecule has 0 atom stereocenters. The largest absolute Gasteiger partial charge is 0.459 e. The van der Waals surface area contributed by atoms with Gasteiger partial charge in [0.25, 0.3) is 0 Å². The molecule has 75 heavy (non-hydrogen) atoms. The lowest BCUT2D eigenvalue weighted by molar-refractivity contribution is -0.163. The summed E-state index contributed by atoms with van der Waals surface area (Å²) in [5.74, 6) is 0.0221. The van der Waals surface area contributed by atoms with Crippen LogP contribution in [0.15, 0.2) is 30.3 Å². The highest BCUT2D eigenvalue weighted by Gasteiger charge is 2.97. The van der Waals surface area contributed by atoms with Gasteiger partial charge in [-0.15, -0.1) is 0 Å². The zero-order valence-electron chi connectivity index (χ0n) is 39.4. The maximum atomic E-state index is 17.4. The van der Waals surface area contributed by atoms with Crippen molar-refractivity contribution < 1.29 is 9.53 Å². The summed E-state index contributed by atoms with van der Waals surface area (Å²) in [7, 11) is 0. The van der Waals surface area contributed by atoms with Crippen LogP contribution in [0.4, 0.5) is 0 Å². The molecular formula is C73H16O2. The SMILES string of the molecule is CC(C)(C)OC(=O)C1(Cc2ccccc2)C23c4c5c6c7c8c9c(c%10c%11c2c2c4c4c%12c5c5c6c6c8c8c%13c9c9c%10c%10c%11c%11c2c2c4c4c%12c%12c5c5c6c8c6c8c%13c9c9c%10c%10c%11c2c2c4c4c%12c5c6c5c8c9c%10c2c45)C713. The summed E-state index contributed by atoms with van der Waals surface area (Å²) in [6.45, 7) is 6.40. The van der Waals surface area contributed by atoms with Crippen LogP contribution < -0.4 is 0 Å². The van der Waals surface area contributed by atoms with Gasteiger partial charge < -0.3 is 4.74 Å². The molecule has 1 fully saturated rings. The molecule has 29 aromatic rings. The van der Waals surface area contributed by atoms with Gasteiger partial charge in [0.2, 0.25) is 0 Å². The molecule has 2 nitrogen and oxygen atoms in total. The number of ether oxygens (including phenoxy) is 1. The smallest absolute Gasteiger partial charge is 0.315 e. The van der Waals surface area contributed by atoms with Crippen LogP contribution in [0.3, 0.4) is 0 Å². The molecule has 34 rings (SSSR count). The van der Waals surface area contributed by atoms with Crippen LogP contribution in [-0.2, 0) is 26.8 Å². The van der Waals surface area contributed by atoms with Crippen LogP contribution >= 0.6 is 0 Å². The summed E-state index contributed by atoms with van der Waals surface area (Å²) in [4.78, 5) is 17.4. The Kier molecular flexibility index (Phi) is 2.55. The molecule has 0 radical (unpaired) electrons. The van der Waals surface area contributed by atoms with Gasteiger partial charge in [-0.25, -0.2) is 0 Å². The van der Waals surface area contributed by atoms with E-state index >= 15 is 4.79 Å². The highest BCUT2D eigenvalue weighted by Crippen LogP contribution is 2.97. The Balaban J connectivity index is 1.11. The van der Waals surface area contributed by atoms with Gasteiger partial charge in [-0.3, -0.25) is 4.79 Å². The zero-order valence-corrected chi connectivity index (χ0v) is 39.4. The molecular weight excluding hydrogens is 909 g/mol. The van der Waals surface area contributed by atoms with E-state index in [2.05, 4.69) is 51.1 Å². The first-order valence-electron chi connectivity index (χ1n) is 28.0. The van der Waals surface area contributed by atoms with E-state index in [9.17, 15) is 0 Å². The van der Waals surface area contributed by atoms with E-state index in [1.54, 1.807) is 270 Å². The van der Waals surface area contributed by atoms with Gasteiger partial charge in [-0.05, 0) is 346 Å². The summed E-state index contributed by atoms with van der Waals surface area (Å²) >= 11 is 0. The zero-order chi connectivity index (χ0) is 45.6. The maximum Gasteiger partial charge on any atom is 0.315 e. The Morgan fingerprint density at radius 3 is 0.640 bits per heavy atom. The van der Waals surface area contributed by atoms with Crippen LogP contribution in [0.25, 0.3) is 291 Å². The quantitative estimate of drug-likeness (QED) is 0.130. The summed E-state index contributed by atoms with van der Waals surface area (Å²) < 4.78 is 7.34. The number of carbonyl (C=O) groups excluding carboxylic acids is 1. The van der Waals surface area contributed by atoms with E-state index in [0.29, 0.717) is 6.42 Å². The molecule has 2 spiro atoms. The van der Waals surface area contributed by atoms with E-state index in [1.165, 1.54) is 48.7 Å². The second-order valence-electron chi connectivity index (χ2n) is 28.3. The Labute approximate surface area is 411 Å². The third-order valence-corrected chi connectivity index (χ3v) is 26.6. The van der Waals surface area contributed by atoms with Crippen molar-refractivity contribution in [2.45, 2.75) is 43.6 Å².